The van der Waals surface area contributed by atoms with Crippen molar-refractivity contribution in [2.45, 2.75) is 26.4 Å². The molecule has 0 heterocycles. The largest absolute Gasteiger partial charge is 0.456 e. The Morgan fingerprint density at radius 3 is 2.50 bits per heavy atom. The average molecular weight is 290 g/mol. The molecule has 1 rings (SSSR count). The lowest BCUT2D eigenvalue weighted by atomic mass is 10.1. The fraction of sp³-hybridized carbons (Fsp3) is 0.364. The fourth-order valence-electron chi connectivity index (χ4n) is 1.09. The van der Waals surface area contributed by atoms with Crippen LogP contribution < -0.4 is 5.73 Å². The Kier molecular flexibility index (Phi) is 3.57. The molecule has 0 aromatic heterocycles. The Morgan fingerprint density at radius 1 is 1.44 bits per heavy atom. The summed E-state index contributed by atoms with van der Waals surface area (Å²) in [4.78, 5) is 11.6. The van der Waals surface area contributed by atoms with E-state index in [-0.39, 0.29) is 11.3 Å². The van der Waals surface area contributed by atoms with Crippen LogP contribution in [0.4, 0.5) is 10.1 Å². The maximum Gasteiger partial charge on any atom is 0.341 e. The van der Waals surface area contributed by atoms with E-state index in [1.54, 1.807) is 20.8 Å². The molecule has 0 amide bonds. The van der Waals surface area contributed by atoms with Crippen LogP contribution in [-0.4, -0.2) is 11.6 Å². The molecule has 0 saturated carbocycles. The van der Waals surface area contributed by atoms with Crippen molar-refractivity contribution in [1.82, 2.24) is 0 Å². The van der Waals surface area contributed by atoms with Gasteiger partial charge in [0.25, 0.3) is 0 Å². The monoisotopic (exact) mass is 289 g/mol. The average Bonchev–Trinajstić information content (AvgIpc) is 2.08. The van der Waals surface area contributed by atoms with Gasteiger partial charge in [0.2, 0.25) is 0 Å². The summed E-state index contributed by atoms with van der Waals surface area (Å²) in [5, 5.41) is 0. The second-order valence-electron chi connectivity index (χ2n) is 4.36. The van der Waals surface area contributed by atoms with Gasteiger partial charge in [0.1, 0.15) is 5.60 Å². The summed E-state index contributed by atoms with van der Waals surface area (Å²) in [6.07, 6.45) is 0. The molecule has 0 aliphatic heterocycles. The molecule has 16 heavy (non-hydrogen) atoms. The fourth-order valence-corrected chi connectivity index (χ4v) is 1.57. The maximum atomic E-state index is 13.6. The number of hydrogen-bond acceptors (Lipinski definition) is 3. The topological polar surface area (TPSA) is 52.3 Å². The minimum Gasteiger partial charge on any atom is -0.456 e. The van der Waals surface area contributed by atoms with Crippen LogP contribution in [0.25, 0.3) is 0 Å². The number of benzene rings is 1. The molecule has 2 N–H and O–H groups in total. The van der Waals surface area contributed by atoms with E-state index in [0.29, 0.717) is 4.47 Å². The number of hydrogen-bond donors (Lipinski definition) is 1. The zero-order valence-electron chi connectivity index (χ0n) is 9.30. The van der Waals surface area contributed by atoms with Gasteiger partial charge in [0, 0.05) is 4.47 Å². The van der Waals surface area contributed by atoms with E-state index in [2.05, 4.69) is 15.9 Å². The summed E-state index contributed by atoms with van der Waals surface area (Å²) in [6, 6.07) is 2.74. The zero-order valence-corrected chi connectivity index (χ0v) is 10.9. The molecule has 0 spiro atoms. The predicted molar refractivity (Wildman–Crippen MR) is 63.7 cm³/mol. The molecule has 88 valence electrons. The molecule has 1 aromatic rings. The van der Waals surface area contributed by atoms with E-state index in [1.165, 1.54) is 12.1 Å². The van der Waals surface area contributed by atoms with Crippen LogP contribution in [-0.2, 0) is 4.74 Å². The summed E-state index contributed by atoms with van der Waals surface area (Å²) in [5.41, 5.74) is 4.49. The molecule has 5 heteroatoms. The third-order valence-corrected chi connectivity index (χ3v) is 2.14. The van der Waals surface area contributed by atoms with E-state index in [0.717, 1.165) is 0 Å². The van der Waals surface area contributed by atoms with Crippen molar-refractivity contribution in [3.8, 4) is 0 Å². The minimum absolute atomic E-state index is 0.0877. The molecule has 0 saturated heterocycles. The zero-order chi connectivity index (χ0) is 12.5. The van der Waals surface area contributed by atoms with Gasteiger partial charge in [-0.25, -0.2) is 9.18 Å². The van der Waals surface area contributed by atoms with Crippen LogP contribution in [0.15, 0.2) is 16.6 Å². The number of anilines is 1. The minimum atomic E-state index is -0.752. The molecule has 0 bridgehead atoms. The van der Waals surface area contributed by atoms with Gasteiger partial charge in [0.15, 0.2) is 5.82 Å². The smallest absolute Gasteiger partial charge is 0.341 e. The van der Waals surface area contributed by atoms with E-state index in [1.807, 2.05) is 0 Å². The quantitative estimate of drug-likeness (QED) is 0.638. The second-order valence-corrected chi connectivity index (χ2v) is 5.27. The standard InChI is InChI=1S/C11H13BrFNO2/c1-11(2,3)16-10(15)7-4-6(12)5-8(14)9(7)13/h4-5H,14H2,1-3H3. The van der Waals surface area contributed by atoms with Gasteiger partial charge in [-0.3, -0.25) is 0 Å². The molecular weight excluding hydrogens is 277 g/mol. The number of halogens is 2. The summed E-state index contributed by atoms with van der Waals surface area (Å²) >= 11 is 3.14. The summed E-state index contributed by atoms with van der Waals surface area (Å²) in [6.45, 7) is 5.14. The molecule has 1 aromatic carbocycles. The van der Waals surface area contributed by atoms with Gasteiger partial charge in [-0.15, -0.1) is 0 Å². The van der Waals surface area contributed by atoms with Crippen molar-refractivity contribution >= 4 is 27.6 Å². The second kappa shape index (κ2) is 4.41. The first-order valence-corrected chi connectivity index (χ1v) is 5.48. The highest BCUT2D eigenvalue weighted by Gasteiger charge is 2.22. The van der Waals surface area contributed by atoms with Crippen molar-refractivity contribution in [3.05, 3.63) is 28.0 Å². The van der Waals surface area contributed by atoms with Gasteiger partial charge in [-0.05, 0) is 32.9 Å². The number of ether oxygens (including phenoxy) is 1. The third kappa shape index (κ3) is 3.20. The van der Waals surface area contributed by atoms with E-state index >= 15 is 0 Å². The Labute approximate surface area is 102 Å². The Morgan fingerprint density at radius 2 is 2.00 bits per heavy atom. The van der Waals surface area contributed by atoms with Crippen LogP contribution in [0, 0.1) is 5.82 Å². The van der Waals surface area contributed by atoms with E-state index in [9.17, 15) is 9.18 Å². The molecule has 0 atom stereocenters. The number of nitrogen functional groups attached to an aromatic ring is 1. The highest BCUT2D eigenvalue weighted by molar-refractivity contribution is 9.10. The lowest BCUT2D eigenvalue weighted by Crippen LogP contribution is -2.24. The number of nitrogens with two attached hydrogens (primary N) is 1. The lowest BCUT2D eigenvalue weighted by molar-refractivity contribution is 0.00648. The number of esters is 1. The van der Waals surface area contributed by atoms with Crippen molar-refractivity contribution in [1.29, 1.82) is 0 Å². The molecule has 3 nitrogen and oxygen atoms in total. The van der Waals surface area contributed by atoms with Crippen LogP contribution in [0.5, 0.6) is 0 Å². The molecule has 0 aliphatic carbocycles. The first-order valence-electron chi connectivity index (χ1n) is 4.68. The predicted octanol–water partition coefficient (Wildman–Crippen LogP) is 3.13. The van der Waals surface area contributed by atoms with Crippen LogP contribution in [0.1, 0.15) is 31.1 Å². The third-order valence-electron chi connectivity index (χ3n) is 1.68. The molecular formula is C11H13BrFNO2. The number of carbonyl (C=O) groups is 1. The Bertz CT molecular complexity index is 427. The van der Waals surface area contributed by atoms with Crippen LogP contribution in [0.3, 0.4) is 0 Å². The first-order chi connectivity index (χ1) is 7.20. The highest BCUT2D eigenvalue weighted by Crippen LogP contribution is 2.24. The summed E-state index contributed by atoms with van der Waals surface area (Å²) in [5.74, 6) is -1.48. The van der Waals surface area contributed by atoms with Gasteiger partial charge >= 0.3 is 5.97 Å². The van der Waals surface area contributed by atoms with Gasteiger partial charge < -0.3 is 10.5 Å². The maximum absolute atomic E-state index is 13.6. The molecule has 0 radical (unpaired) electrons. The van der Waals surface area contributed by atoms with Gasteiger partial charge in [-0.2, -0.15) is 0 Å². The molecule has 0 aliphatic rings. The summed E-state index contributed by atoms with van der Waals surface area (Å²) < 4.78 is 19.2. The van der Waals surface area contributed by atoms with Crippen molar-refractivity contribution in [3.63, 3.8) is 0 Å². The Balaban J connectivity index is 3.09. The molecule has 0 fully saturated rings. The normalized spacial score (nSPS) is 11.3. The van der Waals surface area contributed by atoms with E-state index in [4.69, 9.17) is 10.5 Å². The van der Waals surface area contributed by atoms with Crippen molar-refractivity contribution < 1.29 is 13.9 Å². The number of rotatable bonds is 1. The van der Waals surface area contributed by atoms with E-state index < -0.39 is 17.4 Å². The molecule has 0 unspecified atom stereocenters. The van der Waals surface area contributed by atoms with Crippen LogP contribution >= 0.6 is 15.9 Å². The lowest BCUT2D eigenvalue weighted by Gasteiger charge is -2.19. The first kappa shape index (κ1) is 13.0. The number of carbonyl (C=O) groups excluding carboxylic acids is 1. The highest BCUT2D eigenvalue weighted by atomic mass is 79.9. The van der Waals surface area contributed by atoms with Gasteiger partial charge in [-0.1, -0.05) is 15.9 Å². The van der Waals surface area contributed by atoms with Gasteiger partial charge in [0.05, 0.1) is 11.3 Å². The van der Waals surface area contributed by atoms with Crippen LogP contribution in [0.2, 0.25) is 0 Å². The van der Waals surface area contributed by atoms with Crippen molar-refractivity contribution in [2.24, 2.45) is 0 Å². The van der Waals surface area contributed by atoms with Crippen molar-refractivity contribution in [2.75, 3.05) is 5.73 Å². The summed E-state index contributed by atoms with van der Waals surface area (Å²) in [7, 11) is 0. The SMILES string of the molecule is CC(C)(C)OC(=O)c1cc(Br)cc(N)c1F. The Hall–Kier alpha value is -1.10.